The van der Waals surface area contributed by atoms with Gasteiger partial charge in [0.2, 0.25) is 0 Å². The van der Waals surface area contributed by atoms with Crippen LogP contribution in [0.2, 0.25) is 0 Å². The minimum Gasteiger partial charge on any atom is -0.485 e. The van der Waals surface area contributed by atoms with Gasteiger partial charge in [-0.25, -0.2) is 9.97 Å². The number of aliphatic carboxylic acids is 1. The van der Waals surface area contributed by atoms with E-state index in [0.717, 1.165) is 54.0 Å². The molecule has 1 fully saturated rings. The number of pyridine rings is 1. The Morgan fingerprint density at radius 1 is 1.00 bits per heavy atom. The lowest BCUT2D eigenvalue weighted by molar-refractivity contribution is -0.145. The van der Waals surface area contributed by atoms with E-state index in [1.807, 2.05) is 49.4 Å². The molecular formula is C36H39N5O6. The summed E-state index contributed by atoms with van der Waals surface area (Å²) in [5, 5.41) is 11.5. The lowest BCUT2D eigenvalue weighted by Crippen LogP contribution is -2.34. The van der Waals surface area contributed by atoms with Crippen LogP contribution in [-0.4, -0.2) is 57.5 Å². The number of hydrogen-bond donors (Lipinski definition) is 2. The normalized spacial score (nSPS) is 13.9. The summed E-state index contributed by atoms with van der Waals surface area (Å²) in [4.78, 5) is 51.5. The van der Waals surface area contributed by atoms with Crippen molar-refractivity contribution >= 4 is 23.5 Å². The highest BCUT2D eigenvalue weighted by Gasteiger charge is 2.25. The number of esters is 1. The predicted octanol–water partition coefficient (Wildman–Crippen LogP) is 5.32. The molecule has 1 amide bonds. The maximum Gasteiger partial charge on any atom is 0.322 e. The maximum atomic E-state index is 13.0. The Bertz CT molecular complexity index is 1690. The Hall–Kier alpha value is -5.32. The van der Waals surface area contributed by atoms with Crippen molar-refractivity contribution in [1.82, 2.24) is 20.3 Å². The Balaban J connectivity index is 1.21. The van der Waals surface area contributed by atoms with Gasteiger partial charge in [0, 0.05) is 49.4 Å². The molecule has 244 valence electrons. The van der Waals surface area contributed by atoms with E-state index in [4.69, 9.17) is 14.6 Å². The molecule has 2 aromatic heterocycles. The van der Waals surface area contributed by atoms with E-state index in [2.05, 4.69) is 49.4 Å². The Kier molecular flexibility index (Phi) is 10.8. The summed E-state index contributed by atoms with van der Waals surface area (Å²) in [7, 11) is 0. The molecule has 1 aliphatic rings. The first-order valence-corrected chi connectivity index (χ1v) is 15.7. The molecule has 2 N–H and O–H groups in total. The van der Waals surface area contributed by atoms with Crippen LogP contribution in [0.3, 0.4) is 0 Å². The van der Waals surface area contributed by atoms with Gasteiger partial charge in [0.25, 0.3) is 5.91 Å². The van der Waals surface area contributed by atoms with Gasteiger partial charge >= 0.3 is 11.9 Å². The van der Waals surface area contributed by atoms with Crippen molar-refractivity contribution in [1.29, 1.82) is 0 Å². The number of carbonyl (C=O) groups is 3. The van der Waals surface area contributed by atoms with E-state index in [9.17, 15) is 14.4 Å². The van der Waals surface area contributed by atoms with Gasteiger partial charge in [0.15, 0.2) is 11.4 Å². The number of piperidine rings is 1. The van der Waals surface area contributed by atoms with Crippen LogP contribution in [0, 0.1) is 12.8 Å². The molecule has 4 aromatic rings. The number of benzene rings is 2. The summed E-state index contributed by atoms with van der Waals surface area (Å²) >= 11 is 0. The standard InChI is InChI=1S/C36H39N5O6/c1-23-35(46-22-27-7-5-4-6-8-27)34(36(45)38-21-33(43)44)40-32(39-23)19-26-15-17-41(18-16-26)30-12-9-28(10-13-30)31-14-11-29(20-37-31)24(2)47-25(3)42/h4-14,20,24,26H,15-19,21-22H2,1-3H3,(H,38,45)(H,43,44). The molecule has 11 nitrogen and oxygen atoms in total. The van der Waals surface area contributed by atoms with E-state index in [0.29, 0.717) is 23.9 Å². The number of hydrogen-bond acceptors (Lipinski definition) is 9. The second kappa shape index (κ2) is 15.3. The highest BCUT2D eigenvalue weighted by Crippen LogP contribution is 2.29. The van der Waals surface area contributed by atoms with Crippen LogP contribution in [0.25, 0.3) is 11.3 Å². The van der Waals surface area contributed by atoms with E-state index < -0.39 is 18.4 Å². The summed E-state index contributed by atoms with van der Waals surface area (Å²) in [6, 6.07) is 21.8. The van der Waals surface area contributed by atoms with Gasteiger partial charge in [0.1, 0.15) is 25.1 Å². The third-order valence-corrected chi connectivity index (χ3v) is 8.14. The van der Waals surface area contributed by atoms with E-state index >= 15 is 0 Å². The SMILES string of the molecule is CC(=O)OC(C)c1ccc(-c2ccc(N3CCC(Cc4nc(C)c(OCc5ccccc5)c(C(=O)NCC(=O)O)n4)CC3)cc2)nc1. The molecule has 0 aliphatic carbocycles. The van der Waals surface area contributed by atoms with Crippen LogP contribution in [0.15, 0.2) is 72.9 Å². The smallest absolute Gasteiger partial charge is 0.322 e. The quantitative estimate of drug-likeness (QED) is 0.196. The number of ether oxygens (including phenoxy) is 2. The highest BCUT2D eigenvalue weighted by molar-refractivity contribution is 5.96. The zero-order chi connectivity index (χ0) is 33.3. The van der Waals surface area contributed by atoms with Crippen molar-refractivity contribution in [2.75, 3.05) is 24.5 Å². The molecule has 0 radical (unpaired) electrons. The number of carboxylic acids is 1. The lowest BCUT2D eigenvalue weighted by atomic mass is 9.92. The molecule has 1 atom stereocenters. The number of aromatic nitrogens is 3. The molecule has 11 heteroatoms. The first-order chi connectivity index (χ1) is 22.7. The van der Waals surface area contributed by atoms with Crippen molar-refractivity contribution in [2.45, 2.75) is 52.7 Å². The summed E-state index contributed by atoms with van der Waals surface area (Å²) in [6.07, 6.45) is 3.85. The van der Waals surface area contributed by atoms with Gasteiger partial charge in [-0.1, -0.05) is 48.5 Å². The third kappa shape index (κ3) is 8.90. The first-order valence-electron chi connectivity index (χ1n) is 15.7. The van der Waals surface area contributed by atoms with E-state index in [1.54, 1.807) is 13.1 Å². The molecule has 1 aliphatic heterocycles. The Morgan fingerprint density at radius 2 is 1.72 bits per heavy atom. The average molecular weight is 638 g/mol. The van der Waals surface area contributed by atoms with Gasteiger partial charge in [-0.15, -0.1) is 0 Å². The monoisotopic (exact) mass is 637 g/mol. The second-order valence-electron chi connectivity index (χ2n) is 11.7. The topological polar surface area (TPSA) is 144 Å². The maximum absolute atomic E-state index is 13.0. The molecule has 47 heavy (non-hydrogen) atoms. The van der Waals surface area contributed by atoms with Crippen molar-refractivity contribution in [3.8, 4) is 17.0 Å². The number of carboxylic acid groups (broad SMARTS) is 1. The first kappa shape index (κ1) is 33.1. The summed E-state index contributed by atoms with van der Waals surface area (Å²) < 4.78 is 11.2. The van der Waals surface area contributed by atoms with Crippen molar-refractivity contribution in [2.24, 2.45) is 5.92 Å². The molecule has 0 saturated carbocycles. The number of rotatable bonds is 12. The zero-order valence-electron chi connectivity index (χ0n) is 26.8. The molecule has 0 bridgehead atoms. The zero-order valence-corrected chi connectivity index (χ0v) is 26.8. The van der Waals surface area contributed by atoms with Crippen LogP contribution < -0.4 is 15.0 Å². The summed E-state index contributed by atoms with van der Waals surface area (Å²) in [5.74, 6) is -0.955. The molecule has 1 unspecified atom stereocenters. The molecule has 0 spiro atoms. The summed E-state index contributed by atoms with van der Waals surface area (Å²) in [6.45, 7) is 6.44. The lowest BCUT2D eigenvalue weighted by Gasteiger charge is -2.33. The van der Waals surface area contributed by atoms with Crippen molar-refractivity contribution < 1.29 is 29.0 Å². The van der Waals surface area contributed by atoms with Gasteiger partial charge in [-0.05, 0) is 56.4 Å². The van der Waals surface area contributed by atoms with Crippen LogP contribution in [-0.2, 0) is 27.4 Å². The van der Waals surface area contributed by atoms with Crippen LogP contribution in [0.4, 0.5) is 5.69 Å². The van der Waals surface area contributed by atoms with Crippen molar-refractivity contribution in [3.63, 3.8) is 0 Å². The minimum absolute atomic E-state index is 0.0465. The largest absolute Gasteiger partial charge is 0.485 e. The molecule has 5 rings (SSSR count). The fourth-order valence-corrected chi connectivity index (χ4v) is 5.64. The molecule has 1 saturated heterocycles. The van der Waals surface area contributed by atoms with Crippen LogP contribution in [0.5, 0.6) is 5.75 Å². The van der Waals surface area contributed by atoms with Gasteiger partial charge < -0.3 is 24.8 Å². The number of carbonyl (C=O) groups excluding carboxylic acids is 2. The fraction of sp³-hybridized carbons (Fsp3) is 0.333. The highest BCUT2D eigenvalue weighted by atomic mass is 16.5. The van der Waals surface area contributed by atoms with Gasteiger partial charge in [-0.2, -0.15) is 0 Å². The number of nitrogens with zero attached hydrogens (tertiary/aromatic N) is 4. The Morgan fingerprint density at radius 3 is 2.36 bits per heavy atom. The fourth-order valence-electron chi connectivity index (χ4n) is 5.64. The number of aryl methyl sites for hydroxylation is 1. The summed E-state index contributed by atoms with van der Waals surface area (Å²) in [5.41, 5.74) is 5.33. The van der Waals surface area contributed by atoms with Gasteiger partial charge in [0.05, 0.1) is 11.4 Å². The Labute approximate surface area is 274 Å². The molecule has 3 heterocycles. The number of nitrogens with one attached hydrogen (secondary N) is 1. The molecular weight excluding hydrogens is 598 g/mol. The van der Waals surface area contributed by atoms with E-state index in [1.165, 1.54) is 6.92 Å². The van der Waals surface area contributed by atoms with E-state index in [-0.39, 0.29) is 30.1 Å². The predicted molar refractivity (Wildman–Crippen MR) is 176 cm³/mol. The van der Waals surface area contributed by atoms with Crippen LogP contribution >= 0.6 is 0 Å². The second-order valence-corrected chi connectivity index (χ2v) is 11.7. The minimum atomic E-state index is -1.14. The number of amides is 1. The molecule has 2 aromatic carbocycles. The third-order valence-electron chi connectivity index (χ3n) is 8.14. The van der Waals surface area contributed by atoms with Crippen LogP contribution in [0.1, 0.15) is 65.9 Å². The van der Waals surface area contributed by atoms with Gasteiger partial charge in [-0.3, -0.25) is 19.4 Å². The average Bonchev–Trinajstić information content (AvgIpc) is 3.07. The van der Waals surface area contributed by atoms with Crippen molar-refractivity contribution in [3.05, 3.63) is 101 Å². The number of anilines is 1.